The molecule has 3 aromatic carbocycles. The second-order valence-electron chi connectivity index (χ2n) is 6.24. The van der Waals surface area contributed by atoms with Gasteiger partial charge in [-0.25, -0.2) is 4.79 Å². The highest BCUT2D eigenvalue weighted by molar-refractivity contribution is 5.97. The summed E-state index contributed by atoms with van der Waals surface area (Å²) in [5, 5.41) is 30.3. The molecule has 0 radical (unpaired) electrons. The second-order valence-corrected chi connectivity index (χ2v) is 6.24. The number of fused-ring (bicyclic) bond motifs is 6. The monoisotopic (exact) mass is 348 g/mol. The fourth-order valence-electron chi connectivity index (χ4n) is 3.76. The van der Waals surface area contributed by atoms with Gasteiger partial charge in [0.1, 0.15) is 28.7 Å². The number of benzene rings is 3. The Morgan fingerprint density at radius 1 is 0.808 bits per heavy atom. The molecule has 0 fully saturated rings. The van der Waals surface area contributed by atoms with Crippen LogP contribution in [0.5, 0.6) is 28.7 Å². The molecule has 26 heavy (non-hydrogen) atoms. The summed E-state index contributed by atoms with van der Waals surface area (Å²) >= 11 is 0. The summed E-state index contributed by atoms with van der Waals surface area (Å²) < 4.78 is 11.6. The third-order valence-corrected chi connectivity index (χ3v) is 4.75. The molecule has 1 atom stereocenters. The van der Waals surface area contributed by atoms with Gasteiger partial charge in [-0.2, -0.15) is 0 Å². The first-order chi connectivity index (χ1) is 12.5. The van der Waals surface area contributed by atoms with Gasteiger partial charge in [0.2, 0.25) is 0 Å². The molecule has 128 valence electrons. The Morgan fingerprint density at radius 2 is 1.58 bits per heavy atom. The maximum absolute atomic E-state index is 12.6. The highest BCUT2D eigenvalue weighted by Crippen LogP contribution is 2.59. The fourth-order valence-corrected chi connectivity index (χ4v) is 3.76. The topological polar surface area (TPSA) is 96.2 Å². The molecule has 0 aliphatic carbocycles. The minimum absolute atomic E-state index is 0.0238. The van der Waals surface area contributed by atoms with Crippen LogP contribution in [0.1, 0.15) is 27.0 Å². The lowest BCUT2D eigenvalue weighted by atomic mass is 9.77. The smallest absolute Gasteiger partial charge is 0.340 e. The first kappa shape index (κ1) is 14.7. The van der Waals surface area contributed by atoms with Gasteiger partial charge in [-0.1, -0.05) is 18.2 Å². The van der Waals surface area contributed by atoms with Gasteiger partial charge in [-0.3, -0.25) is 0 Å². The lowest BCUT2D eigenvalue weighted by Crippen LogP contribution is -2.33. The standard InChI is InChI=1S/C20H12O6/c21-10-5-6-14-16(8-10)25-17-9-11(22)7-15(23)18(17)20(14)13-4-2-1-3-12(13)19(24)26-20/h1-9,21-23H. The van der Waals surface area contributed by atoms with Crippen molar-refractivity contribution in [1.29, 1.82) is 0 Å². The van der Waals surface area contributed by atoms with Crippen molar-refractivity contribution in [2.75, 3.05) is 0 Å². The third kappa shape index (κ3) is 1.68. The molecule has 6 heteroatoms. The largest absolute Gasteiger partial charge is 0.508 e. The number of esters is 1. The van der Waals surface area contributed by atoms with Gasteiger partial charge >= 0.3 is 5.97 Å². The van der Waals surface area contributed by atoms with Crippen LogP contribution in [0.4, 0.5) is 0 Å². The summed E-state index contributed by atoms with van der Waals surface area (Å²) in [6.45, 7) is 0. The van der Waals surface area contributed by atoms with Crippen LogP contribution in [0.2, 0.25) is 0 Å². The Balaban J connectivity index is 1.94. The fraction of sp³-hybridized carbons (Fsp3) is 0.0500. The van der Waals surface area contributed by atoms with Gasteiger partial charge in [-0.05, 0) is 18.2 Å². The minimum Gasteiger partial charge on any atom is -0.508 e. The second kappa shape index (κ2) is 4.70. The predicted octanol–water partition coefficient (Wildman–Crippen LogP) is 3.37. The van der Waals surface area contributed by atoms with Crippen LogP contribution in [0, 0.1) is 0 Å². The zero-order valence-corrected chi connectivity index (χ0v) is 13.3. The molecule has 3 aromatic rings. The van der Waals surface area contributed by atoms with Gasteiger partial charge in [-0.15, -0.1) is 0 Å². The number of rotatable bonds is 0. The van der Waals surface area contributed by atoms with Crippen LogP contribution in [-0.2, 0) is 10.3 Å². The minimum atomic E-state index is -1.43. The van der Waals surface area contributed by atoms with Gasteiger partial charge in [0, 0.05) is 29.3 Å². The molecule has 2 heterocycles. The molecular weight excluding hydrogens is 336 g/mol. The maximum atomic E-state index is 12.6. The molecule has 0 aromatic heterocycles. The van der Waals surface area contributed by atoms with Crippen LogP contribution in [0.3, 0.4) is 0 Å². The van der Waals surface area contributed by atoms with E-state index in [9.17, 15) is 20.1 Å². The van der Waals surface area contributed by atoms with Crippen molar-refractivity contribution in [3.05, 3.63) is 76.9 Å². The lowest BCUT2D eigenvalue weighted by Gasteiger charge is -2.36. The summed E-state index contributed by atoms with van der Waals surface area (Å²) in [6, 6.07) is 13.9. The first-order valence-corrected chi connectivity index (χ1v) is 7.91. The van der Waals surface area contributed by atoms with Crippen LogP contribution >= 0.6 is 0 Å². The van der Waals surface area contributed by atoms with E-state index in [0.29, 0.717) is 16.7 Å². The molecule has 0 saturated carbocycles. The normalized spacial score (nSPS) is 19.3. The van der Waals surface area contributed by atoms with E-state index in [1.807, 2.05) is 0 Å². The van der Waals surface area contributed by atoms with Crippen molar-refractivity contribution < 1.29 is 29.6 Å². The highest BCUT2D eigenvalue weighted by Gasteiger charge is 2.55. The molecule has 0 amide bonds. The number of ether oxygens (including phenoxy) is 2. The molecule has 1 spiro atoms. The van der Waals surface area contributed by atoms with E-state index < -0.39 is 11.6 Å². The molecule has 0 bridgehead atoms. The average molecular weight is 348 g/mol. The Hall–Kier alpha value is -3.67. The van der Waals surface area contributed by atoms with Crippen molar-refractivity contribution >= 4 is 5.97 Å². The van der Waals surface area contributed by atoms with Crippen LogP contribution in [0.15, 0.2) is 54.6 Å². The average Bonchev–Trinajstić information content (AvgIpc) is 2.88. The highest BCUT2D eigenvalue weighted by atomic mass is 16.6. The van der Waals surface area contributed by atoms with Crippen molar-refractivity contribution in [3.8, 4) is 28.7 Å². The van der Waals surface area contributed by atoms with E-state index in [4.69, 9.17) is 9.47 Å². The maximum Gasteiger partial charge on any atom is 0.340 e. The number of hydrogen-bond donors (Lipinski definition) is 3. The number of phenolic OH excluding ortho intramolecular Hbond substituents is 3. The Kier molecular flexibility index (Phi) is 2.65. The van der Waals surface area contributed by atoms with E-state index in [1.54, 1.807) is 30.3 Å². The number of phenols is 3. The van der Waals surface area contributed by atoms with Crippen molar-refractivity contribution in [2.24, 2.45) is 0 Å². The van der Waals surface area contributed by atoms with Gasteiger partial charge in [0.15, 0.2) is 5.60 Å². The SMILES string of the molecule is O=C1OC2(c3ccc(O)cc3Oc3cc(O)cc(O)c32)c2ccccc21. The summed E-state index contributed by atoms with van der Waals surface area (Å²) in [5.74, 6) is -0.595. The zero-order valence-electron chi connectivity index (χ0n) is 13.3. The van der Waals surface area contributed by atoms with Gasteiger partial charge in [0.25, 0.3) is 0 Å². The molecule has 0 saturated heterocycles. The van der Waals surface area contributed by atoms with E-state index in [1.165, 1.54) is 24.3 Å². The van der Waals surface area contributed by atoms with E-state index in [0.717, 1.165) is 0 Å². The van der Waals surface area contributed by atoms with Crippen LogP contribution < -0.4 is 4.74 Å². The van der Waals surface area contributed by atoms with Crippen LogP contribution in [-0.4, -0.2) is 21.3 Å². The van der Waals surface area contributed by atoms with Gasteiger partial charge < -0.3 is 24.8 Å². The van der Waals surface area contributed by atoms with E-state index >= 15 is 0 Å². The number of aromatic hydroxyl groups is 3. The molecular formula is C20H12O6. The Labute approximate surface area is 147 Å². The predicted molar refractivity (Wildman–Crippen MR) is 89.7 cm³/mol. The molecule has 2 aliphatic heterocycles. The molecule has 6 nitrogen and oxygen atoms in total. The van der Waals surface area contributed by atoms with E-state index in [-0.39, 0.29) is 34.3 Å². The Bertz CT molecular complexity index is 1100. The van der Waals surface area contributed by atoms with Crippen molar-refractivity contribution in [2.45, 2.75) is 5.60 Å². The van der Waals surface area contributed by atoms with Gasteiger partial charge in [0.05, 0.1) is 11.1 Å². The molecule has 5 rings (SSSR count). The zero-order chi connectivity index (χ0) is 18.1. The summed E-state index contributed by atoms with van der Waals surface area (Å²) in [5.41, 5.74) is 0.213. The molecule has 1 unspecified atom stereocenters. The van der Waals surface area contributed by atoms with Crippen LogP contribution in [0.25, 0.3) is 0 Å². The third-order valence-electron chi connectivity index (χ3n) is 4.75. The number of carbonyl (C=O) groups is 1. The number of carbonyl (C=O) groups excluding carboxylic acids is 1. The summed E-state index contributed by atoms with van der Waals surface area (Å²) in [4.78, 5) is 12.6. The quantitative estimate of drug-likeness (QED) is 0.539. The summed E-state index contributed by atoms with van der Waals surface area (Å²) in [7, 11) is 0. The lowest BCUT2D eigenvalue weighted by molar-refractivity contribution is 0.0217. The number of hydrogen-bond acceptors (Lipinski definition) is 6. The molecule has 3 N–H and O–H groups in total. The first-order valence-electron chi connectivity index (χ1n) is 7.91. The Morgan fingerprint density at radius 3 is 2.42 bits per heavy atom. The van der Waals surface area contributed by atoms with E-state index in [2.05, 4.69) is 0 Å². The van der Waals surface area contributed by atoms with Crippen molar-refractivity contribution in [3.63, 3.8) is 0 Å². The van der Waals surface area contributed by atoms with Crippen molar-refractivity contribution in [1.82, 2.24) is 0 Å². The molecule has 2 aliphatic rings. The summed E-state index contributed by atoms with van der Waals surface area (Å²) in [6.07, 6.45) is 0.